The Kier molecular flexibility index (Phi) is 10.4. The average molecular weight is 204 g/mol. The van der Waals surface area contributed by atoms with Crippen molar-refractivity contribution < 1.29 is 19.5 Å². The van der Waals surface area contributed by atoms with Crippen LogP contribution in [0.4, 0.5) is 0 Å². The maximum atomic E-state index is 9.92. The van der Waals surface area contributed by atoms with E-state index in [0.717, 1.165) is 0 Å². The van der Waals surface area contributed by atoms with Crippen LogP contribution in [0, 0.1) is 5.92 Å². The first kappa shape index (κ1) is 15.1. The number of carboxylic acids is 1. The summed E-state index contributed by atoms with van der Waals surface area (Å²) >= 11 is 0. The maximum absolute atomic E-state index is 9.92. The van der Waals surface area contributed by atoms with E-state index in [4.69, 9.17) is 16.6 Å². The van der Waals surface area contributed by atoms with E-state index in [1.165, 1.54) is 6.92 Å². The third-order valence-corrected chi connectivity index (χ3v) is 1.22. The van der Waals surface area contributed by atoms with Gasteiger partial charge in [-0.2, -0.15) is 0 Å². The van der Waals surface area contributed by atoms with Gasteiger partial charge in [-0.15, -0.1) is 0 Å². The molecule has 0 aromatic heterocycles. The Morgan fingerprint density at radius 1 is 1.50 bits per heavy atom. The summed E-state index contributed by atoms with van der Waals surface area (Å²) in [6, 6.07) is 0. The van der Waals surface area contributed by atoms with Gasteiger partial charge < -0.3 is 21.4 Å². The molecule has 0 bridgehead atoms. The van der Waals surface area contributed by atoms with Gasteiger partial charge >= 0.3 is 5.97 Å². The topological polar surface area (TPSA) is 123 Å². The van der Waals surface area contributed by atoms with Crippen LogP contribution in [0.5, 0.6) is 0 Å². The lowest BCUT2D eigenvalue weighted by Crippen LogP contribution is -2.12. The second-order valence-corrected chi connectivity index (χ2v) is 2.62. The summed E-state index contributed by atoms with van der Waals surface area (Å²) in [4.78, 5) is 29.2. The molecule has 0 aliphatic rings. The Labute approximate surface area is 82.3 Å². The van der Waals surface area contributed by atoms with Gasteiger partial charge in [-0.05, 0) is 19.9 Å². The molecular weight excluding hydrogens is 188 g/mol. The minimum atomic E-state index is -1.07. The number of rotatable bonds is 5. The summed E-state index contributed by atoms with van der Waals surface area (Å²) in [5.41, 5.74) is 9.85. The van der Waals surface area contributed by atoms with Gasteiger partial charge in [0, 0.05) is 6.42 Å². The fourth-order valence-corrected chi connectivity index (χ4v) is 0.334. The van der Waals surface area contributed by atoms with Gasteiger partial charge in [-0.25, -0.2) is 0 Å². The smallest absolute Gasteiger partial charge is 0.313 e. The van der Waals surface area contributed by atoms with Crippen LogP contribution in [0.25, 0.3) is 0 Å². The molecule has 1 unspecified atom stereocenters. The quantitative estimate of drug-likeness (QED) is 0.396. The summed E-state index contributed by atoms with van der Waals surface area (Å²) < 4.78 is 0. The molecule has 0 aliphatic heterocycles. The van der Waals surface area contributed by atoms with Crippen molar-refractivity contribution in [3.05, 3.63) is 0 Å². The molecule has 0 aromatic rings. The third kappa shape index (κ3) is 13.2. The van der Waals surface area contributed by atoms with E-state index in [9.17, 15) is 14.4 Å². The van der Waals surface area contributed by atoms with E-state index in [2.05, 4.69) is 0 Å². The molecule has 1 atom stereocenters. The summed E-state index contributed by atoms with van der Waals surface area (Å²) in [6.07, 6.45) is 1.51. The first-order valence-corrected chi connectivity index (χ1v) is 4.12. The molecule has 0 aromatic carbocycles. The Balaban J connectivity index is 0. The molecule has 0 aliphatic carbocycles. The van der Waals surface area contributed by atoms with Crippen LogP contribution in [-0.2, 0) is 14.4 Å². The standard InChI is InChI=1S/C4H10N2O.C4H6O3/c5-3-1-2-4(6)7;1-3(2-5)4(6)7/h1-3,5H2,(H2,6,7);2-3H,1H3,(H,6,7). The van der Waals surface area contributed by atoms with Crippen LogP contribution >= 0.6 is 0 Å². The predicted octanol–water partition coefficient (Wildman–Crippen LogP) is -0.883. The summed E-state index contributed by atoms with van der Waals surface area (Å²) in [5, 5.41) is 7.95. The number of aldehydes is 1. The number of hydrogen-bond donors (Lipinski definition) is 3. The normalized spacial score (nSPS) is 10.7. The molecule has 5 N–H and O–H groups in total. The summed E-state index contributed by atoms with van der Waals surface area (Å²) in [5.74, 6) is -2.21. The van der Waals surface area contributed by atoms with Crippen molar-refractivity contribution in [3.8, 4) is 0 Å². The number of carbonyl (C=O) groups is 3. The Bertz CT molecular complexity index is 194. The minimum absolute atomic E-state index is 0.273. The molecule has 0 heterocycles. The molecule has 6 heteroatoms. The lowest BCUT2D eigenvalue weighted by atomic mass is 10.2. The number of carbonyl (C=O) groups excluding carboxylic acids is 2. The zero-order valence-electron chi connectivity index (χ0n) is 8.10. The highest BCUT2D eigenvalue weighted by molar-refractivity contribution is 5.85. The zero-order valence-corrected chi connectivity index (χ0v) is 8.10. The molecule has 6 nitrogen and oxygen atoms in total. The molecule has 0 saturated heterocycles. The van der Waals surface area contributed by atoms with Crippen LogP contribution in [0.3, 0.4) is 0 Å². The van der Waals surface area contributed by atoms with Crippen molar-refractivity contribution >= 4 is 18.2 Å². The zero-order chi connectivity index (χ0) is 11.6. The highest BCUT2D eigenvalue weighted by Gasteiger charge is 2.06. The van der Waals surface area contributed by atoms with Crippen molar-refractivity contribution in [3.63, 3.8) is 0 Å². The molecule has 14 heavy (non-hydrogen) atoms. The summed E-state index contributed by atoms with van der Waals surface area (Å²) in [7, 11) is 0. The third-order valence-electron chi connectivity index (χ3n) is 1.22. The molecule has 0 radical (unpaired) electrons. The SMILES string of the molecule is CC(C=O)C(=O)O.NCCCC(N)=O. The van der Waals surface area contributed by atoms with Crippen LogP contribution in [-0.4, -0.2) is 29.8 Å². The van der Waals surface area contributed by atoms with Crippen LogP contribution < -0.4 is 11.5 Å². The number of carboxylic acid groups (broad SMARTS) is 1. The second kappa shape index (κ2) is 9.66. The van der Waals surface area contributed by atoms with E-state index in [1.807, 2.05) is 0 Å². The number of nitrogens with two attached hydrogens (primary N) is 2. The molecule has 1 amide bonds. The van der Waals surface area contributed by atoms with Gasteiger partial charge in [0.15, 0.2) is 0 Å². The van der Waals surface area contributed by atoms with Crippen molar-refractivity contribution in [1.29, 1.82) is 0 Å². The van der Waals surface area contributed by atoms with Crippen LogP contribution in [0.2, 0.25) is 0 Å². The fourth-order valence-electron chi connectivity index (χ4n) is 0.334. The molecule has 0 rings (SSSR count). The molecule has 0 saturated carbocycles. The van der Waals surface area contributed by atoms with Crippen molar-refractivity contribution in [2.75, 3.05) is 6.54 Å². The largest absolute Gasteiger partial charge is 0.481 e. The van der Waals surface area contributed by atoms with E-state index >= 15 is 0 Å². The lowest BCUT2D eigenvalue weighted by Gasteiger charge is -1.88. The average Bonchev–Trinajstić information content (AvgIpc) is 2.14. The molecule has 0 fully saturated rings. The Morgan fingerprint density at radius 2 is 2.00 bits per heavy atom. The molecule has 82 valence electrons. The van der Waals surface area contributed by atoms with Gasteiger partial charge in [0.1, 0.15) is 12.2 Å². The van der Waals surface area contributed by atoms with Crippen molar-refractivity contribution in [2.45, 2.75) is 19.8 Å². The highest BCUT2D eigenvalue weighted by atomic mass is 16.4. The van der Waals surface area contributed by atoms with Gasteiger partial charge in [0.25, 0.3) is 0 Å². The van der Waals surface area contributed by atoms with E-state index in [0.29, 0.717) is 25.7 Å². The van der Waals surface area contributed by atoms with Gasteiger partial charge in [-0.3, -0.25) is 9.59 Å². The van der Waals surface area contributed by atoms with E-state index in [1.54, 1.807) is 0 Å². The van der Waals surface area contributed by atoms with Crippen LogP contribution in [0.15, 0.2) is 0 Å². The van der Waals surface area contributed by atoms with Gasteiger partial charge in [0.05, 0.1) is 0 Å². The van der Waals surface area contributed by atoms with Crippen molar-refractivity contribution in [2.24, 2.45) is 17.4 Å². The predicted molar refractivity (Wildman–Crippen MR) is 50.3 cm³/mol. The Hall–Kier alpha value is -1.43. The molecular formula is C8H16N2O4. The molecule has 0 spiro atoms. The number of primary amides is 1. The van der Waals surface area contributed by atoms with Crippen LogP contribution in [0.1, 0.15) is 19.8 Å². The minimum Gasteiger partial charge on any atom is -0.481 e. The number of amides is 1. The fraction of sp³-hybridized carbons (Fsp3) is 0.625. The van der Waals surface area contributed by atoms with E-state index in [-0.39, 0.29) is 5.91 Å². The monoisotopic (exact) mass is 204 g/mol. The summed E-state index contributed by atoms with van der Waals surface area (Å²) in [6.45, 7) is 1.87. The van der Waals surface area contributed by atoms with Gasteiger partial charge in [-0.1, -0.05) is 0 Å². The maximum Gasteiger partial charge on any atom is 0.313 e. The van der Waals surface area contributed by atoms with Gasteiger partial charge in [0.2, 0.25) is 5.91 Å². The second-order valence-electron chi connectivity index (χ2n) is 2.62. The first-order chi connectivity index (χ1) is 6.45. The number of aliphatic carboxylic acids is 1. The highest BCUT2D eigenvalue weighted by Crippen LogP contribution is 1.84. The van der Waals surface area contributed by atoms with E-state index < -0.39 is 11.9 Å². The Morgan fingerprint density at radius 3 is 2.07 bits per heavy atom. The number of hydrogen-bond acceptors (Lipinski definition) is 4. The first-order valence-electron chi connectivity index (χ1n) is 4.12. The lowest BCUT2D eigenvalue weighted by molar-refractivity contribution is -0.142. The van der Waals surface area contributed by atoms with Crippen molar-refractivity contribution in [1.82, 2.24) is 0 Å².